The Morgan fingerprint density at radius 2 is 1.78 bits per heavy atom. The van der Waals surface area contributed by atoms with Gasteiger partial charge in [0.25, 0.3) is 5.91 Å². The van der Waals surface area contributed by atoms with E-state index in [0.29, 0.717) is 22.8 Å². The highest BCUT2D eigenvalue weighted by atomic mass is 35.5. The SMILES string of the molecule is CCNC(=O)c1ccccc1NC(=O)/C=C/c1ccc(Cl)cc1. The van der Waals surface area contributed by atoms with Crippen LogP contribution in [0.3, 0.4) is 0 Å². The Labute approximate surface area is 140 Å². The van der Waals surface area contributed by atoms with E-state index in [1.54, 1.807) is 42.5 Å². The van der Waals surface area contributed by atoms with Crippen LogP contribution in [-0.4, -0.2) is 18.4 Å². The van der Waals surface area contributed by atoms with Crippen LogP contribution in [0.15, 0.2) is 54.6 Å². The molecule has 0 aromatic heterocycles. The number of anilines is 1. The molecule has 2 aromatic carbocycles. The van der Waals surface area contributed by atoms with Crippen molar-refractivity contribution < 1.29 is 9.59 Å². The number of benzene rings is 2. The predicted molar refractivity (Wildman–Crippen MR) is 93.6 cm³/mol. The van der Waals surface area contributed by atoms with E-state index in [4.69, 9.17) is 11.6 Å². The van der Waals surface area contributed by atoms with Crippen LogP contribution in [0.25, 0.3) is 6.08 Å². The van der Waals surface area contributed by atoms with Crippen molar-refractivity contribution in [1.29, 1.82) is 0 Å². The number of hydrogen-bond acceptors (Lipinski definition) is 2. The highest BCUT2D eigenvalue weighted by Crippen LogP contribution is 2.15. The number of amides is 2. The molecular formula is C18H17ClN2O2. The second kappa shape index (κ2) is 8.15. The summed E-state index contributed by atoms with van der Waals surface area (Å²) in [6.45, 7) is 2.37. The van der Waals surface area contributed by atoms with Gasteiger partial charge >= 0.3 is 0 Å². The second-order valence-corrected chi connectivity index (χ2v) is 5.22. The quantitative estimate of drug-likeness (QED) is 0.821. The molecule has 118 valence electrons. The van der Waals surface area contributed by atoms with Crippen molar-refractivity contribution in [3.63, 3.8) is 0 Å². The van der Waals surface area contributed by atoms with Crippen LogP contribution in [0, 0.1) is 0 Å². The van der Waals surface area contributed by atoms with Gasteiger partial charge in [0.2, 0.25) is 5.91 Å². The van der Waals surface area contributed by atoms with Gasteiger partial charge in [-0.3, -0.25) is 9.59 Å². The molecule has 2 N–H and O–H groups in total. The van der Waals surface area contributed by atoms with Gasteiger partial charge in [-0.25, -0.2) is 0 Å². The summed E-state index contributed by atoms with van der Waals surface area (Å²) in [5.74, 6) is -0.526. The first kappa shape index (κ1) is 16.8. The fraction of sp³-hybridized carbons (Fsp3) is 0.111. The van der Waals surface area contributed by atoms with E-state index < -0.39 is 0 Å². The molecule has 0 aliphatic rings. The fourth-order valence-corrected chi connectivity index (χ4v) is 2.09. The summed E-state index contributed by atoms with van der Waals surface area (Å²) in [7, 11) is 0. The molecule has 5 heteroatoms. The van der Waals surface area contributed by atoms with Crippen LogP contribution in [0.1, 0.15) is 22.8 Å². The monoisotopic (exact) mass is 328 g/mol. The molecule has 0 unspecified atom stereocenters. The Bertz CT molecular complexity index is 724. The number of carbonyl (C=O) groups is 2. The average Bonchev–Trinajstić information content (AvgIpc) is 2.55. The molecule has 0 bridgehead atoms. The van der Waals surface area contributed by atoms with Gasteiger partial charge in [0.05, 0.1) is 11.3 Å². The van der Waals surface area contributed by atoms with Gasteiger partial charge in [-0.2, -0.15) is 0 Å². The number of rotatable bonds is 5. The van der Waals surface area contributed by atoms with E-state index >= 15 is 0 Å². The highest BCUT2D eigenvalue weighted by Gasteiger charge is 2.10. The Morgan fingerprint density at radius 3 is 2.48 bits per heavy atom. The topological polar surface area (TPSA) is 58.2 Å². The van der Waals surface area contributed by atoms with Crippen molar-refractivity contribution in [2.75, 3.05) is 11.9 Å². The van der Waals surface area contributed by atoms with Gasteiger partial charge in [0.1, 0.15) is 0 Å². The van der Waals surface area contributed by atoms with Crippen molar-refractivity contribution in [2.45, 2.75) is 6.92 Å². The Hall–Kier alpha value is -2.59. The molecule has 0 aliphatic carbocycles. The lowest BCUT2D eigenvalue weighted by molar-refractivity contribution is -0.111. The minimum atomic E-state index is -0.309. The summed E-state index contributed by atoms with van der Waals surface area (Å²) in [6.07, 6.45) is 3.10. The Balaban J connectivity index is 2.08. The average molecular weight is 329 g/mol. The molecule has 0 heterocycles. The number of hydrogen-bond donors (Lipinski definition) is 2. The maximum atomic E-state index is 12.0. The number of carbonyl (C=O) groups excluding carboxylic acids is 2. The summed E-state index contributed by atoms with van der Waals surface area (Å²) < 4.78 is 0. The van der Waals surface area contributed by atoms with E-state index in [2.05, 4.69) is 10.6 Å². The van der Waals surface area contributed by atoms with Crippen LogP contribution < -0.4 is 10.6 Å². The molecular weight excluding hydrogens is 312 g/mol. The molecule has 0 aliphatic heterocycles. The normalized spacial score (nSPS) is 10.5. The summed E-state index contributed by atoms with van der Waals surface area (Å²) in [5, 5.41) is 6.08. The number of halogens is 1. The molecule has 0 fully saturated rings. The molecule has 2 aromatic rings. The van der Waals surface area contributed by atoms with Gasteiger partial charge < -0.3 is 10.6 Å². The van der Waals surface area contributed by atoms with Crippen molar-refractivity contribution in [3.8, 4) is 0 Å². The van der Waals surface area contributed by atoms with Crippen LogP contribution in [0.4, 0.5) is 5.69 Å². The zero-order valence-corrected chi connectivity index (χ0v) is 13.4. The third-order valence-electron chi connectivity index (χ3n) is 3.06. The van der Waals surface area contributed by atoms with Gasteiger partial charge in [-0.15, -0.1) is 0 Å². The predicted octanol–water partition coefficient (Wildman–Crippen LogP) is 3.74. The van der Waals surface area contributed by atoms with Gasteiger partial charge in [0.15, 0.2) is 0 Å². The van der Waals surface area contributed by atoms with Gasteiger partial charge in [0, 0.05) is 17.6 Å². The molecule has 2 rings (SSSR count). The van der Waals surface area contributed by atoms with Crippen LogP contribution >= 0.6 is 11.6 Å². The molecule has 0 radical (unpaired) electrons. The fourth-order valence-electron chi connectivity index (χ4n) is 1.97. The standard InChI is InChI=1S/C18H17ClN2O2/c1-2-20-18(23)15-5-3-4-6-16(15)21-17(22)12-9-13-7-10-14(19)11-8-13/h3-12H,2H2,1H3,(H,20,23)(H,21,22)/b12-9+. The smallest absolute Gasteiger partial charge is 0.253 e. The molecule has 2 amide bonds. The van der Waals surface area contributed by atoms with Crippen molar-refractivity contribution in [1.82, 2.24) is 5.32 Å². The second-order valence-electron chi connectivity index (χ2n) is 4.78. The first-order valence-corrected chi connectivity index (χ1v) is 7.60. The van der Waals surface area contributed by atoms with E-state index in [1.807, 2.05) is 19.1 Å². The number of nitrogens with one attached hydrogen (secondary N) is 2. The van der Waals surface area contributed by atoms with Crippen LogP contribution in [-0.2, 0) is 4.79 Å². The zero-order valence-electron chi connectivity index (χ0n) is 12.7. The van der Waals surface area contributed by atoms with E-state index in [0.717, 1.165) is 5.56 Å². The van der Waals surface area contributed by atoms with Crippen molar-refractivity contribution in [3.05, 3.63) is 70.8 Å². The van der Waals surface area contributed by atoms with E-state index in [1.165, 1.54) is 6.08 Å². The third-order valence-corrected chi connectivity index (χ3v) is 3.32. The Morgan fingerprint density at radius 1 is 1.09 bits per heavy atom. The molecule has 0 saturated carbocycles. The summed E-state index contributed by atoms with van der Waals surface area (Å²) in [6, 6.07) is 14.0. The van der Waals surface area contributed by atoms with Crippen molar-refractivity contribution in [2.24, 2.45) is 0 Å². The lowest BCUT2D eigenvalue weighted by atomic mass is 10.1. The first-order chi connectivity index (χ1) is 11.1. The van der Waals surface area contributed by atoms with Gasteiger partial charge in [-0.1, -0.05) is 35.9 Å². The summed E-state index contributed by atoms with van der Waals surface area (Å²) in [4.78, 5) is 24.0. The summed E-state index contributed by atoms with van der Waals surface area (Å²) in [5.41, 5.74) is 1.77. The molecule has 0 atom stereocenters. The van der Waals surface area contributed by atoms with Crippen LogP contribution in [0.2, 0.25) is 5.02 Å². The lowest BCUT2D eigenvalue weighted by Gasteiger charge is -2.09. The number of para-hydroxylation sites is 1. The summed E-state index contributed by atoms with van der Waals surface area (Å²) >= 11 is 5.81. The molecule has 0 spiro atoms. The molecule has 23 heavy (non-hydrogen) atoms. The molecule has 4 nitrogen and oxygen atoms in total. The minimum Gasteiger partial charge on any atom is -0.352 e. The minimum absolute atomic E-state index is 0.218. The lowest BCUT2D eigenvalue weighted by Crippen LogP contribution is -2.24. The van der Waals surface area contributed by atoms with Crippen molar-refractivity contribution >= 4 is 35.2 Å². The van der Waals surface area contributed by atoms with E-state index in [-0.39, 0.29) is 11.8 Å². The van der Waals surface area contributed by atoms with Crippen LogP contribution in [0.5, 0.6) is 0 Å². The highest BCUT2D eigenvalue weighted by molar-refractivity contribution is 6.30. The zero-order chi connectivity index (χ0) is 16.7. The molecule has 0 saturated heterocycles. The first-order valence-electron chi connectivity index (χ1n) is 7.22. The maximum Gasteiger partial charge on any atom is 0.253 e. The van der Waals surface area contributed by atoms with Gasteiger partial charge in [-0.05, 0) is 42.8 Å². The maximum absolute atomic E-state index is 12.0. The third kappa shape index (κ3) is 4.97. The Kier molecular flexibility index (Phi) is 5.94. The van der Waals surface area contributed by atoms with E-state index in [9.17, 15) is 9.59 Å². The largest absolute Gasteiger partial charge is 0.352 e.